The lowest BCUT2D eigenvalue weighted by molar-refractivity contribution is 0.427. The van der Waals surface area contributed by atoms with Crippen LogP contribution in [0.1, 0.15) is 25.8 Å². The summed E-state index contributed by atoms with van der Waals surface area (Å²) in [5, 5.41) is 0. The normalized spacial score (nSPS) is 17.4. The molecule has 1 unspecified atom stereocenters. The Bertz CT molecular complexity index is 356. The minimum absolute atomic E-state index is 0.589. The van der Waals surface area contributed by atoms with E-state index in [1.165, 1.54) is 17.8 Å². The van der Waals surface area contributed by atoms with Crippen molar-refractivity contribution in [3.8, 4) is 0 Å². The Morgan fingerprint density at radius 3 is 2.75 bits per heavy atom. The third-order valence-electron chi connectivity index (χ3n) is 3.24. The Kier molecular flexibility index (Phi) is 3.60. The van der Waals surface area contributed by atoms with E-state index < -0.39 is 0 Å². The van der Waals surface area contributed by atoms with Gasteiger partial charge in [-0.2, -0.15) is 0 Å². The van der Waals surface area contributed by atoms with Crippen LogP contribution in [0.5, 0.6) is 0 Å². The summed E-state index contributed by atoms with van der Waals surface area (Å²) in [5.41, 5.74) is 1.38. The van der Waals surface area contributed by atoms with Crippen molar-refractivity contribution in [2.75, 3.05) is 13.1 Å². The summed E-state index contributed by atoms with van der Waals surface area (Å²) in [4.78, 5) is 7.05. The lowest BCUT2D eigenvalue weighted by Gasteiger charge is -2.23. The quantitative estimate of drug-likeness (QED) is 0.755. The van der Waals surface area contributed by atoms with Crippen molar-refractivity contribution in [3.05, 3.63) is 35.9 Å². The van der Waals surface area contributed by atoms with E-state index in [-0.39, 0.29) is 0 Å². The van der Waals surface area contributed by atoms with Crippen molar-refractivity contribution in [2.24, 2.45) is 10.9 Å². The summed E-state index contributed by atoms with van der Waals surface area (Å²) in [6.07, 6.45) is 1.17. The lowest BCUT2D eigenvalue weighted by atomic mass is 10.1. The van der Waals surface area contributed by atoms with Crippen LogP contribution < -0.4 is 0 Å². The Morgan fingerprint density at radius 1 is 1.31 bits per heavy atom. The molecule has 1 aliphatic heterocycles. The fraction of sp³-hybridized carbons (Fsp3) is 0.500. The van der Waals surface area contributed by atoms with Crippen LogP contribution in [0, 0.1) is 5.92 Å². The predicted octanol–water partition coefficient (Wildman–Crippen LogP) is 2.95. The molecule has 1 aliphatic rings. The number of amidine groups is 1. The van der Waals surface area contributed by atoms with Crippen LogP contribution in [0.3, 0.4) is 0 Å². The van der Waals surface area contributed by atoms with Crippen LogP contribution in [-0.4, -0.2) is 23.8 Å². The number of benzene rings is 1. The molecule has 0 N–H and O–H groups in total. The molecule has 16 heavy (non-hydrogen) atoms. The van der Waals surface area contributed by atoms with Crippen molar-refractivity contribution in [1.82, 2.24) is 4.90 Å². The van der Waals surface area contributed by atoms with Gasteiger partial charge in [-0.3, -0.25) is 4.99 Å². The van der Waals surface area contributed by atoms with Crippen molar-refractivity contribution >= 4 is 5.84 Å². The van der Waals surface area contributed by atoms with Crippen molar-refractivity contribution in [3.63, 3.8) is 0 Å². The maximum Gasteiger partial charge on any atom is 0.102 e. The number of hydrogen-bond donors (Lipinski definition) is 0. The second kappa shape index (κ2) is 5.15. The van der Waals surface area contributed by atoms with Crippen LogP contribution in [0.2, 0.25) is 0 Å². The zero-order valence-electron chi connectivity index (χ0n) is 10.2. The first kappa shape index (κ1) is 11.2. The lowest BCUT2D eigenvalue weighted by Crippen LogP contribution is -2.31. The van der Waals surface area contributed by atoms with Gasteiger partial charge in [0.05, 0.1) is 6.54 Å². The molecule has 0 saturated heterocycles. The molecule has 2 heteroatoms. The molecule has 1 aromatic rings. The summed E-state index contributed by atoms with van der Waals surface area (Å²) in [5.74, 6) is 1.89. The Hall–Kier alpha value is -1.31. The molecule has 1 atom stereocenters. The van der Waals surface area contributed by atoms with E-state index in [0.29, 0.717) is 5.92 Å². The largest absolute Gasteiger partial charge is 0.354 e. The van der Waals surface area contributed by atoms with Gasteiger partial charge in [-0.1, -0.05) is 44.2 Å². The standard InChI is InChI=1S/C14H20N2/c1-3-12(2)14-15-9-10-16(14)11-13-7-5-4-6-8-13/h4-8,12H,3,9-11H2,1-2H3. The van der Waals surface area contributed by atoms with Gasteiger partial charge in [0.15, 0.2) is 0 Å². The summed E-state index contributed by atoms with van der Waals surface area (Å²) in [6, 6.07) is 10.6. The van der Waals surface area contributed by atoms with Crippen molar-refractivity contribution < 1.29 is 0 Å². The molecule has 0 fully saturated rings. The van der Waals surface area contributed by atoms with Crippen LogP contribution in [0.4, 0.5) is 0 Å². The van der Waals surface area contributed by atoms with Crippen LogP contribution in [0.25, 0.3) is 0 Å². The topological polar surface area (TPSA) is 15.6 Å². The van der Waals surface area contributed by atoms with Gasteiger partial charge < -0.3 is 4.90 Å². The summed E-state index contributed by atoms with van der Waals surface area (Å²) in [6.45, 7) is 7.54. The van der Waals surface area contributed by atoms with Gasteiger partial charge in [-0.25, -0.2) is 0 Å². The molecule has 0 amide bonds. The second-order valence-electron chi connectivity index (χ2n) is 4.46. The third-order valence-corrected chi connectivity index (χ3v) is 3.24. The minimum Gasteiger partial charge on any atom is -0.354 e. The van der Waals surface area contributed by atoms with Gasteiger partial charge in [0.25, 0.3) is 0 Å². The van der Waals surface area contributed by atoms with Gasteiger partial charge in [0.2, 0.25) is 0 Å². The van der Waals surface area contributed by atoms with Crippen molar-refractivity contribution in [1.29, 1.82) is 0 Å². The SMILES string of the molecule is CCC(C)C1=NCCN1Cc1ccccc1. The molecule has 2 rings (SSSR count). The smallest absolute Gasteiger partial charge is 0.102 e. The van der Waals surface area contributed by atoms with E-state index in [0.717, 1.165) is 19.6 Å². The van der Waals surface area contributed by atoms with Gasteiger partial charge in [0.1, 0.15) is 5.84 Å². The average Bonchev–Trinajstić information content (AvgIpc) is 2.77. The molecular weight excluding hydrogens is 196 g/mol. The van der Waals surface area contributed by atoms with Gasteiger partial charge >= 0.3 is 0 Å². The highest BCUT2D eigenvalue weighted by atomic mass is 15.2. The predicted molar refractivity (Wildman–Crippen MR) is 68.6 cm³/mol. The number of rotatable bonds is 4. The maximum atomic E-state index is 4.63. The molecule has 2 nitrogen and oxygen atoms in total. The first-order chi connectivity index (χ1) is 7.81. The third kappa shape index (κ3) is 2.43. The zero-order chi connectivity index (χ0) is 11.4. The molecule has 0 saturated carbocycles. The minimum atomic E-state index is 0.589. The highest BCUT2D eigenvalue weighted by Gasteiger charge is 2.20. The van der Waals surface area contributed by atoms with Crippen LogP contribution in [-0.2, 0) is 6.54 Å². The van der Waals surface area contributed by atoms with E-state index in [2.05, 4.69) is 54.1 Å². The van der Waals surface area contributed by atoms with Crippen molar-refractivity contribution in [2.45, 2.75) is 26.8 Å². The van der Waals surface area contributed by atoms with E-state index in [1.54, 1.807) is 0 Å². The monoisotopic (exact) mass is 216 g/mol. The molecule has 1 heterocycles. The molecule has 0 spiro atoms. The number of hydrogen-bond acceptors (Lipinski definition) is 2. The van der Waals surface area contributed by atoms with E-state index in [4.69, 9.17) is 0 Å². The first-order valence-corrected chi connectivity index (χ1v) is 6.14. The molecule has 0 radical (unpaired) electrons. The van der Waals surface area contributed by atoms with E-state index in [1.807, 2.05) is 0 Å². The van der Waals surface area contributed by atoms with Gasteiger partial charge in [-0.05, 0) is 12.0 Å². The highest BCUT2D eigenvalue weighted by Crippen LogP contribution is 2.16. The first-order valence-electron chi connectivity index (χ1n) is 6.14. The molecule has 0 bridgehead atoms. The Balaban J connectivity index is 2.03. The molecule has 1 aromatic carbocycles. The summed E-state index contributed by atoms with van der Waals surface area (Å²) < 4.78 is 0. The Labute approximate surface area is 98.0 Å². The summed E-state index contributed by atoms with van der Waals surface area (Å²) >= 11 is 0. The molecular formula is C14H20N2. The highest BCUT2D eigenvalue weighted by molar-refractivity contribution is 5.85. The number of aliphatic imine (C=N–C) groups is 1. The maximum absolute atomic E-state index is 4.63. The van der Waals surface area contributed by atoms with Gasteiger partial charge in [-0.15, -0.1) is 0 Å². The van der Waals surface area contributed by atoms with Crippen LogP contribution in [0.15, 0.2) is 35.3 Å². The molecule has 0 aliphatic carbocycles. The fourth-order valence-electron chi connectivity index (χ4n) is 2.11. The Morgan fingerprint density at radius 2 is 2.06 bits per heavy atom. The van der Waals surface area contributed by atoms with E-state index >= 15 is 0 Å². The summed E-state index contributed by atoms with van der Waals surface area (Å²) in [7, 11) is 0. The molecule has 86 valence electrons. The second-order valence-corrected chi connectivity index (χ2v) is 4.46. The average molecular weight is 216 g/mol. The van der Waals surface area contributed by atoms with E-state index in [9.17, 15) is 0 Å². The number of nitrogens with zero attached hydrogens (tertiary/aromatic N) is 2. The van der Waals surface area contributed by atoms with Gasteiger partial charge in [0, 0.05) is 19.0 Å². The fourth-order valence-corrected chi connectivity index (χ4v) is 2.11. The molecule has 0 aromatic heterocycles. The zero-order valence-corrected chi connectivity index (χ0v) is 10.2. The van der Waals surface area contributed by atoms with Crippen LogP contribution >= 0.6 is 0 Å².